The van der Waals surface area contributed by atoms with Crippen molar-refractivity contribution in [2.24, 2.45) is 7.05 Å². The van der Waals surface area contributed by atoms with Crippen LogP contribution in [0.1, 0.15) is 51.7 Å². The zero-order valence-electron chi connectivity index (χ0n) is 15.5. The third-order valence-corrected chi connectivity index (χ3v) is 5.98. The van der Waals surface area contributed by atoms with Crippen LogP contribution in [0.25, 0.3) is 21.9 Å². The van der Waals surface area contributed by atoms with Gasteiger partial charge in [0.15, 0.2) is 0 Å². The van der Waals surface area contributed by atoms with Crippen molar-refractivity contribution >= 4 is 10.8 Å². The molecule has 1 heteroatoms. The molecule has 0 spiro atoms. The van der Waals surface area contributed by atoms with Crippen molar-refractivity contribution in [2.45, 2.75) is 51.4 Å². The van der Waals surface area contributed by atoms with Gasteiger partial charge in [0.25, 0.3) is 0 Å². The summed E-state index contributed by atoms with van der Waals surface area (Å²) in [6.45, 7) is 9.58. The lowest BCUT2D eigenvalue weighted by Crippen LogP contribution is -2.33. The fourth-order valence-corrected chi connectivity index (χ4v) is 4.17. The first-order valence-electron chi connectivity index (χ1n) is 8.97. The summed E-state index contributed by atoms with van der Waals surface area (Å²) in [5.41, 5.74) is 6.21. The van der Waals surface area contributed by atoms with Crippen molar-refractivity contribution in [3.63, 3.8) is 0 Å². The van der Waals surface area contributed by atoms with Crippen LogP contribution in [0.15, 0.2) is 48.8 Å². The first kappa shape index (κ1) is 15.5. The van der Waals surface area contributed by atoms with E-state index in [1.54, 1.807) is 5.56 Å². The number of aromatic nitrogens is 1. The van der Waals surface area contributed by atoms with Gasteiger partial charge in [-0.3, -0.25) is 0 Å². The molecule has 0 unspecified atom stereocenters. The molecule has 0 saturated heterocycles. The first-order chi connectivity index (χ1) is 11.3. The number of fused-ring (bicyclic) bond motifs is 2. The van der Waals surface area contributed by atoms with Crippen molar-refractivity contribution in [1.82, 2.24) is 4.57 Å². The molecule has 1 nitrogen and oxygen atoms in total. The van der Waals surface area contributed by atoms with Gasteiger partial charge in [0.2, 0.25) is 0 Å². The second kappa shape index (κ2) is 4.99. The maximum atomic E-state index is 2.46. The van der Waals surface area contributed by atoms with Crippen molar-refractivity contribution in [3.8, 4) is 11.1 Å². The molecule has 1 aromatic heterocycles. The highest BCUT2D eigenvalue weighted by molar-refractivity contribution is 5.89. The van der Waals surface area contributed by atoms with Crippen LogP contribution in [-0.2, 0) is 17.9 Å². The Hall–Kier alpha value is -2.02. The molecule has 1 heterocycles. The van der Waals surface area contributed by atoms with E-state index in [2.05, 4.69) is 88.1 Å². The minimum Gasteiger partial charge on any atom is -0.357 e. The molecular formula is C23H27N. The topological polar surface area (TPSA) is 4.93 Å². The lowest BCUT2D eigenvalue weighted by atomic mass is 9.63. The third kappa shape index (κ3) is 2.38. The van der Waals surface area contributed by atoms with Crippen molar-refractivity contribution in [1.29, 1.82) is 0 Å². The number of aryl methyl sites for hydroxylation is 1. The molecule has 0 amide bonds. The standard InChI is InChI=1S/C23H27N/c1-22(2)9-10-23(3,4)21-14-19-12-16(18-8-11-24(5)15-18)6-7-17(19)13-20(21)22/h6-8,11-15H,9-10H2,1-5H3. The summed E-state index contributed by atoms with van der Waals surface area (Å²) in [5.74, 6) is 0. The van der Waals surface area contributed by atoms with Gasteiger partial charge < -0.3 is 4.57 Å². The molecule has 0 saturated carbocycles. The monoisotopic (exact) mass is 317 g/mol. The Morgan fingerprint density at radius 2 is 1.38 bits per heavy atom. The summed E-state index contributed by atoms with van der Waals surface area (Å²) in [7, 11) is 2.07. The van der Waals surface area contributed by atoms with Crippen LogP contribution in [0.2, 0.25) is 0 Å². The van der Waals surface area contributed by atoms with E-state index in [-0.39, 0.29) is 10.8 Å². The normalized spacial score (nSPS) is 18.5. The van der Waals surface area contributed by atoms with Crippen LogP contribution in [0, 0.1) is 0 Å². The van der Waals surface area contributed by atoms with E-state index < -0.39 is 0 Å². The van der Waals surface area contributed by atoms with E-state index in [4.69, 9.17) is 0 Å². The number of hydrogen-bond donors (Lipinski definition) is 0. The van der Waals surface area contributed by atoms with Gasteiger partial charge in [-0.1, -0.05) is 52.0 Å². The summed E-state index contributed by atoms with van der Waals surface area (Å²) in [5, 5.41) is 2.72. The molecule has 0 N–H and O–H groups in total. The van der Waals surface area contributed by atoms with Crippen LogP contribution in [0.4, 0.5) is 0 Å². The lowest BCUT2D eigenvalue weighted by molar-refractivity contribution is 0.332. The smallest absolute Gasteiger partial charge is 0.0110 e. The summed E-state index contributed by atoms with van der Waals surface area (Å²) in [4.78, 5) is 0. The van der Waals surface area contributed by atoms with Crippen molar-refractivity contribution < 1.29 is 0 Å². The molecule has 3 aromatic rings. The highest BCUT2D eigenvalue weighted by Gasteiger charge is 2.37. The molecule has 1 aliphatic carbocycles. The van der Waals surface area contributed by atoms with E-state index in [0.29, 0.717) is 0 Å². The number of benzene rings is 2. The zero-order valence-corrected chi connectivity index (χ0v) is 15.5. The molecule has 0 bridgehead atoms. The minimum absolute atomic E-state index is 0.266. The Labute approximate surface area is 145 Å². The zero-order chi connectivity index (χ0) is 17.1. The van der Waals surface area contributed by atoms with Gasteiger partial charge in [-0.25, -0.2) is 0 Å². The predicted octanol–water partition coefficient (Wildman–Crippen LogP) is 6.19. The summed E-state index contributed by atoms with van der Waals surface area (Å²) in [6.07, 6.45) is 6.82. The number of nitrogens with zero attached hydrogens (tertiary/aromatic N) is 1. The van der Waals surface area contributed by atoms with Crippen LogP contribution in [0.5, 0.6) is 0 Å². The second-order valence-corrected chi connectivity index (χ2v) is 8.79. The quantitative estimate of drug-likeness (QED) is 0.504. The molecule has 0 fully saturated rings. The van der Waals surface area contributed by atoms with Gasteiger partial charge >= 0.3 is 0 Å². The number of rotatable bonds is 1. The Morgan fingerprint density at radius 3 is 1.96 bits per heavy atom. The van der Waals surface area contributed by atoms with E-state index in [9.17, 15) is 0 Å². The predicted molar refractivity (Wildman–Crippen MR) is 104 cm³/mol. The molecule has 0 atom stereocenters. The minimum atomic E-state index is 0.266. The Kier molecular flexibility index (Phi) is 3.22. The van der Waals surface area contributed by atoms with Crippen LogP contribution < -0.4 is 0 Å². The molecule has 124 valence electrons. The van der Waals surface area contributed by atoms with Gasteiger partial charge in [0.1, 0.15) is 0 Å². The third-order valence-electron chi connectivity index (χ3n) is 5.98. The molecule has 0 aliphatic heterocycles. The lowest BCUT2D eigenvalue weighted by Gasteiger charge is -2.42. The molecule has 2 aromatic carbocycles. The molecule has 0 radical (unpaired) electrons. The summed E-state index contributed by atoms with van der Waals surface area (Å²) < 4.78 is 2.11. The average molecular weight is 317 g/mol. The maximum Gasteiger partial charge on any atom is 0.0110 e. The average Bonchev–Trinajstić information content (AvgIpc) is 2.97. The Morgan fingerprint density at radius 1 is 0.750 bits per heavy atom. The fraction of sp³-hybridized carbons (Fsp3) is 0.391. The molecule has 24 heavy (non-hydrogen) atoms. The fourth-order valence-electron chi connectivity index (χ4n) is 4.17. The summed E-state index contributed by atoms with van der Waals surface area (Å²) in [6, 6.07) is 14.0. The number of hydrogen-bond acceptors (Lipinski definition) is 0. The van der Waals surface area contributed by atoms with Gasteiger partial charge in [-0.05, 0) is 68.8 Å². The van der Waals surface area contributed by atoms with Crippen molar-refractivity contribution in [3.05, 3.63) is 59.9 Å². The van der Waals surface area contributed by atoms with Crippen LogP contribution in [-0.4, -0.2) is 4.57 Å². The van der Waals surface area contributed by atoms with E-state index in [1.807, 2.05) is 0 Å². The van der Waals surface area contributed by atoms with Gasteiger partial charge in [0, 0.05) is 19.4 Å². The Bertz CT molecular complexity index is 924. The van der Waals surface area contributed by atoms with E-state index in [0.717, 1.165) is 0 Å². The maximum absolute atomic E-state index is 2.46. The molecule has 4 rings (SSSR count). The van der Waals surface area contributed by atoms with Gasteiger partial charge in [-0.15, -0.1) is 0 Å². The van der Waals surface area contributed by atoms with Crippen molar-refractivity contribution in [2.75, 3.05) is 0 Å². The molecule has 1 aliphatic rings. The highest BCUT2D eigenvalue weighted by atomic mass is 14.9. The summed E-state index contributed by atoms with van der Waals surface area (Å²) >= 11 is 0. The first-order valence-corrected chi connectivity index (χ1v) is 8.97. The van der Waals surface area contributed by atoms with Gasteiger partial charge in [-0.2, -0.15) is 0 Å². The Balaban J connectivity index is 1.93. The largest absolute Gasteiger partial charge is 0.357 e. The molecular weight excluding hydrogens is 290 g/mol. The van der Waals surface area contributed by atoms with Crippen LogP contribution in [0.3, 0.4) is 0 Å². The van der Waals surface area contributed by atoms with Crippen LogP contribution >= 0.6 is 0 Å². The van der Waals surface area contributed by atoms with E-state index in [1.165, 1.54) is 40.3 Å². The SMILES string of the molecule is Cn1ccc(-c2ccc3cc4c(cc3c2)C(C)(C)CCC4(C)C)c1. The van der Waals surface area contributed by atoms with E-state index >= 15 is 0 Å². The second-order valence-electron chi connectivity index (χ2n) is 8.79. The highest BCUT2D eigenvalue weighted by Crippen LogP contribution is 2.47. The van der Waals surface area contributed by atoms with Gasteiger partial charge in [0.05, 0.1) is 0 Å².